The van der Waals surface area contributed by atoms with Crippen LogP contribution < -0.4 is 20.1 Å². The Morgan fingerprint density at radius 3 is 1.86 bits per heavy atom. The monoisotopic (exact) mass is 584 g/mol. The van der Waals surface area contributed by atoms with Crippen LogP contribution in [0, 0.1) is 5.82 Å². The second kappa shape index (κ2) is 15.2. The zero-order valence-electron chi connectivity index (χ0n) is 23.7. The molecular weight excluding hydrogens is 551 g/mol. The number of carboxylic acids is 1. The van der Waals surface area contributed by atoms with Crippen LogP contribution >= 0.6 is 0 Å². The Balaban J connectivity index is 1.51. The van der Waals surface area contributed by atoms with Gasteiger partial charge in [0.1, 0.15) is 31.1 Å². The normalized spacial score (nSPS) is 12.0. The quantitative estimate of drug-likeness (QED) is 0.195. The minimum atomic E-state index is -1.33. The molecular formula is C34H33FN2O6. The van der Waals surface area contributed by atoms with Gasteiger partial charge in [0.2, 0.25) is 11.8 Å². The molecule has 0 radical (unpaired) electrons. The number of rotatable bonds is 14. The second-order valence-electron chi connectivity index (χ2n) is 9.98. The molecule has 9 heteroatoms. The first-order valence-corrected chi connectivity index (χ1v) is 13.8. The second-order valence-corrected chi connectivity index (χ2v) is 9.98. The molecule has 0 saturated carbocycles. The first-order chi connectivity index (χ1) is 20.8. The van der Waals surface area contributed by atoms with Crippen molar-refractivity contribution < 1.29 is 33.4 Å². The molecule has 0 fully saturated rings. The van der Waals surface area contributed by atoms with Crippen molar-refractivity contribution in [2.24, 2.45) is 0 Å². The fraction of sp³-hybridized carbons (Fsp3) is 0.206. The standard InChI is InChI=1S/C34H33FN2O6/c1-23(38)36-29(20-27-14-8-9-15-28(27)35)33(39)37-30(34(40)41)18-26-16-17-31(42-21-24-10-4-2-5-11-24)32(19-26)43-22-25-12-6-3-7-13-25/h2-17,19,29-30H,18,20-22H2,1H3,(H,36,38)(H,37,39)(H,40,41)/t29-,30-/m1/s1. The summed E-state index contributed by atoms with van der Waals surface area (Å²) in [6.07, 6.45) is -0.219. The van der Waals surface area contributed by atoms with Gasteiger partial charge in [-0.3, -0.25) is 9.59 Å². The highest BCUT2D eigenvalue weighted by molar-refractivity contribution is 5.90. The summed E-state index contributed by atoms with van der Waals surface area (Å²) in [5, 5.41) is 14.9. The molecule has 43 heavy (non-hydrogen) atoms. The van der Waals surface area contributed by atoms with Gasteiger partial charge in [-0.1, -0.05) is 84.9 Å². The number of halogens is 1. The zero-order valence-corrected chi connectivity index (χ0v) is 23.7. The lowest BCUT2D eigenvalue weighted by Gasteiger charge is -2.22. The van der Waals surface area contributed by atoms with Crippen molar-refractivity contribution in [2.45, 2.75) is 45.1 Å². The van der Waals surface area contributed by atoms with E-state index in [1.807, 2.05) is 60.7 Å². The highest BCUT2D eigenvalue weighted by atomic mass is 19.1. The molecule has 3 N–H and O–H groups in total. The summed E-state index contributed by atoms with van der Waals surface area (Å²) in [5.41, 5.74) is 2.71. The molecule has 0 aliphatic rings. The molecule has 2 atom stereocenters. The lowest BCUT2D eigenvalue weighted by molar-refractivity contribution is -0.142. The third kappa shape index (κ3) is 9.43. The Morgan fingerprint density at radius 1 is 0.698 bits per heavy atom. The van der Waals surface area contributed by atoms with Gasteiger partial charge in [0.15, 0.2) is 11.5 Å². The smallest absolute Gasteiger partial charge is 0.326 e. The maximum Gasteiger partial charge on any atom is 0.326 e. The molecule has 4 aromatic carbocycles. The molecule has 4 rings (SSSR count). The van der Waals surface area contributed by atoms with Crippen LogP contribution in [0.2, 0.25) is 0 Å². The third-order valence-corrected chi connectivity index (χ3v) is 6.61. The number of carbonyl (C=O) groups excluding carboxylic acids is 2. The number of ether oxygens (including phenoxy) is 2. The molecule has 0 saturated heterocycles. The van der Waals surface area contributed by atoms with Gasteiger partial charge in [-0.15, -0.1) is 0 Å². The molecule has 222 valence electrons. The fourth-order valence-corrected chi connectivity index (χ4v) is 4.43. The maximum absolute atomic E-state index is 14.3. The molecule has 0 aliphatic heterocycles. The summed E-state index contributed by atoms with van der Waals surface area (Å²) < 4.78 is 26.4. The number of carbonyl (C=O) groups is 3. The van der Waals surface area contributed by atoms with Crippen LogP contribution in [0.4, 0.5) is 4.39 Å². The van der Waals surface area contributed by atoms with Gasteiger partial charge in [0, 0.05) is 19.8 Å². The minimum Gasteiger partial charge on any atom is -0.485 e. The average Bonchev–Trinajstić information content (AvgIpc) is 3.00. The van der Waals surface area contributed by atoms with Gasteiger partial charge in [0.25, 0.3) is 0 Å². The van der Waals surface area contributed by atoms with Gasteiger partial charge in [-0.05, 0) is 40.5 Å². The molecule has 0 unspecified atom stereocenters. The van der Waals surface area contributed by atoms with Gasteiger partial charge in [-0.2, -0.15) is 0 Å². The summed E-state index contributed by atoms with van der Waals surface area (Å²) in [6, 6.07) is 27.7. The Kier molecular flexibility index (Phi) is 10.9. The van der Waals surface area contributed by atoms with Crippen LogP contribution in [-0.2, 0) is 40.4 Å². The van der Waals surface area contributed by atoms with Crippen molar-refractivity contribution in [2.75, 3.05) is 0 Å². The lowest BCUT2D eigenvalue weighted by Crippen LogP contribution is -2.52. The third-order valence-electron chi connectivity index (χ3n) is 6.61. The number of benzene rings is 4. The van der Waals surface area contributed by atoms with E-state index in [9.17, 15) is 23.9 Å². The Morgan fingerprint density at radius 2 is 1.28 bits per heavy atom. The Bertz CT molecular complexity index is 1530. The van der Waals surface area contributed by atoms with Crippen LogP contribution in [0.1, 0.15) is 29.2 Å². The molecule has 8 nitrogen and oxygen atoms in total. The van der Waals surface area contributed by atoms with Crippen molar-refractivity contribution in [3.63, 3.8) is 0 Å². The van der Waals surface area contributed by atoms with Gasteiger partial charge < -0.3 is 25.2 Å². The largest absolute Gasteiger partial charge is 0.485 e. The number of hydrogen-bond acceptors (Lipinski definition) is 5. The topological polar surface area (TPSA) is 114 Å². The number of aliphatic carboxylic acids is 1. The summed E-state index contributed by atoms with van der Waals surface area (Å²) in [7, 11) is 0. The SMILES string of the molecule is CC(=O)N[C@H](Cc1ccccc1F)C(=O)N[C@H](Cc1ccc(OCc2ccccc2)c(OCc2ccccc2)c1)C(=O)O. The van der Waals surface area contributed by atoms with E-state index in [1.165, 1.54) is 25.1 Å². The Labute approximate surface area is 249 Å². The van der Waals surface area contributed by atoms with Gasteiger partial charge >= 0.3 is 5.97 Å². The number of hydrogen-bond donors (Lipinski definition) is 3. The predicted octanol–water partition coefficient (Wildman–Crippen LogP) is 4.84. The minimum absolute atomic E-state index is 0.0752. The van der Waals surface area contributed by atoms with E-state index in [-0.39, 0.29) is 25.0 Å². The van der Waals surface area contributed by atoms with Crippen molar-refractivity contribution in [1.29, 1.82) is 0 Å². The van der Waals surface area contributed by atoms with E-state index in [0.29, 0.717) is 23.7 Å². The van der Waals surface area contributed by atoms with Crippen LogP contribution in [0.5, 0.6) is 11.5 Å². The lowest BCUT2D eigenvalue weighted by atomic mass is 10.0. The fourth-order valence-electron chi connectivity index (χ4n) is 4.43. The van der Waals surface area contributed by atoms with E-state index in [2.05, 4.69) is 10.6 Å². The molecule has 0 bridgehead atoms. The van der Waals surface area contributed by atoms with E-state index in [0.717, 1.165) is 11.1 Å². The molecule has 0 aromatic heterocycles. The summed E-state index contributed by atoms with van der Waals surface area (Å²) in [5.74, 6) is -2.14. The van der Waals surface area contributed by atoms with Crippen molar-refractivity contribution in [1.82, 2.24) is 10.6 Å². The van der Waals surface area contributed by atoms with E-state index >= 15 is 0 Å². The predicted molar refractivity (Wildman–Crippen MR) is 159 cm³/mol. The first-order valence-electron chi connectivity index (χ1n) is 13.8. The molecule has 0 aliphatic carbocycles. The van der Waals surface area contributed by atoms with E-state index in [1.54, 1.807) is 24.3 Å². The first kappa shape index (κ1) is 30.8. The number of amides is 2. The van der Waals surface area contributed by atoms with Crippen LogP contribution in [0.25, 0.3) is 0 Å². The highest BCUT2D eigenvalue weighted by Gasteiger charge is 2.27. The van der Waals surface area contributed by atoms with Gasteiger partial charge in [-0.25, -0.2) is 9.18 Å². The average molecular weight is 585 g/mol. The van der Waals surface area contributed by atoms with Crippen molar-refractivity contribution >= 4 is 17.8 Å². The zero-order chi connectivity index (χ0) is 30.6. The van der Waals surface area contributed by atoms with E-state index in [4.69, 9.17) is 9.47 Å². The van der Waals surface area contributed by atoms with Crippen molar-refractivity contribution in [3.8, 4) is 11.5 Å². The molecule has 0 spiro atoms. The molecule has 0 heterocycles. The number of carboxylic acid groups (broad SMARTS) is 1. The maximum atomic E-state index is 14.3. The van der Waals surface area contributed by atoms with Crippen LogP contribution in [0.15, 0.2) is 103 Å². The summed E-state index contributed by atoms with van der Waals surface area (Å²) in [6.45, 7) is 1.80. The summed E-state index contributed by atoms with van der Waals surface area (Å²) in [4.78, 5) is 37.1. The Hall–Kier alpha value is -5.18. The highest BCUT2D eigenvalue weighted by Crippen LogP contribution is 2.30. The van der Waals surface area contributed by atoms with Crippen LogP contribution in [-0.4, -0.2) is 35.0 Å². The van der Waals surface area contributed by atoms with E-state index < -0.39 is 35.7 Å². The van der Waals surface area contributed by atoms with Crippen LogP contribution in [0.3, 0.4) is 0 Å². The van der Waals surface area contributed by atoms with Gasteiger partial charge in [0.05, 0.1) is 0 Å². The molecule has 2 amide bonds. The summed E-state index contributed by atoms with van der Waals surface area (Å²) >= 11 is 0. The molecule has 4 aromatic rings. The van der Waals surface area contributed by atoms with Crippen molar-refractivity contribution in [3.05, 3.63) is 131 Å². The number of nitrogens with one attached hydrogen (secondary N) is 2.